The maximum atomic E-state index is 2.17. The van der Waals surface area contributed by atoms with Gasteiger partial charge in [0.15, 0.2) is 0 Å². The van der Waals surface area contributed by atoms with Crippen molar-refractivity contribution in [2.75, 3.05) is 19.0 Å². The summed E-state index contributed by atoms with van der Waals surface area (Å²) >= 11 is 0. The standard InChI is InChI=1S/C9H13N.2C2H6/c1-8-5-4-6-9(7-8)10(2)3;2*1-2/h4-7H,1-3H3;2*1-2H3. The van der Waals surface area contributed by atoms with Crippen molar-refractivity contribution in [2.45, 2.75) is 34.6 Å². The summed E-state index contributed by atoms with van der Waals surface area (Å²) in [6, 6.07) is 8.45. The van der Waals surface area contributed by atoms with E-state index in [1.54, 1.807) is 0 Å². The zero-order chi connectivity index (χ0) is 11.6. The van der Waals surface area contributed by atoms with Gasteiger partial charge in [-0.05, 0) is 24.6 Å². The van der Waals surface area contributed by atoms with Crippen LogP contribution in [0, 0.1) is 6.92 Å². The molecule has 1 aromatic rings. The molecule has 82 valence electrons. The van der Waals surface area contributed by atoms with Crippen LogP contribution >= 0.6 is 0 Å². The number of rotatable bonds is 1. The van der Waals surface area contributed by atoms with Crippen LogP contribution in [0.15, 0.2) is 24.3 Å². The number of anilines is 1. The smallest absolute Gasteiger partial charge is 0.0363 e. The predicted molar refractivity (Wildman–Crippen MR) is 68.2 cm³/mol. The van der Waals surface area contributed by atoms with Gasteiger partial charge < -0.3 is 4.90 Å². The summed E-state index contributed by atoms with van der Waals surface area (Å²) in [6.45, 7) is 10.1. The van der Waals surface area contributed by atoms with Crippen LogP contribution in [-0.2, 0) is 0 Å². The Morgan fingerprint density at radius 2 is 1.43 bits per heavy atom. The van der Waals surface area contributed by atoms with Crippen LogP contribution in [0.25, 0.3) is 0 Å². The van der Waals surface area contributed by atoms with Gasteiger partial charge in [-0.15, -0.1) is 0 Å². The second kappa shape index (κ2) is 10.1. The van der Waals surface area contributed by atoms with E-state index in [4.69, 9.17) is 0 Å². The van der Waals surface area contributed by atoms with E-state index in [-0.39, 0.29) is 0 Å². The second-order valence-electron chi connectivity index (χ2n) is 2.73. The van der Waals surface area contributed by atoms with Crippen molar-refractivity contribution in [1.82, 2.24) is 0 Å². The zero-order valence-corrected chi connectivity index (χ0v) is 10.8. The molecule has 0 atom stereocenters. The predicted octanol–water partition coefficient (Wildman–Crippen LogP) is 4.11. The summed E-state index contributed by atoms with van der Waals surface area (Å²) in [5.74, 6) is 0. The first-order valence-corrected chi connectivity index (χ1v) is 5.44. The largest absolute Gasteiger partial charge is 0.378 e. The second-order valence-corrected chi connectivity index (χ2v) is 2.73. The number of nitrogens with zero attached hydrogens (tertiary/aromatic N) is 1. The first kappa shape index (κ1) is 15.5. The highest BCUT2D eigenvalue weighted by Crippen LogP contribution is 2.11. The molecule has 0 N–H and O–H groups in total. The Hall–Kier alpha value is -0.980. The molecule has 14 heavy (non-hydrogen) atoms. The third kappa shape index (κ3) is 6.53. The van der Waals surface area contributed by atoms with Crippen molar-refractivity contribution in [1.29, 1.82) is 0 Å². The molecule has 0 amide bonds. The van der Waals surface area contributed by atoms with Gasteiger partial charge in [-0.3, -0.25) is 0 Å². The molecule has 1 aromatic carbocycles. The quantitative estimate of drug-likeness (QED) is 0.651. The maximum Gasteiger partial charge on any atom is 0.0363 e. The van der Waals surface area contributed by atoms with E-state index in [1.807, 2.05) is 27.7 Å². The van der Waals surface area contributed by atoms with Crippen molar-refractivity contribution < 1.29 is 0 Å². The van der Waals surface area contributed by atoms with Crippen molar-refractivity contribution in [3.05, 3.63) is 29.8 Å². The minimum atomic E-state index is 1.26. The third-order valence-corrected chi connectivity index (χ3v) is 1.52. The topological polar surface area (TPSA) is 3.24 Å². The van der Waals surface area contributed by atoms with Crippen LogP contribution in [0.4, 0.5) is 5.69 Å². The van der Waals surface area contributed by atoms with Crippen molar-refractivity contribution in [2.24, 2.45) is 0 Å². The summed E-state index contributed by atoms with van der Waals surface area (Å²) in [6.07, 6.45) is 0. The lowest BCUT2D eigenvalue weighted by molar-refractivity contribution is 1.13. The van der Waals surface area contributed by atoms with Gasteiger partial charge in [0.25, 0.3) is 0 Å². The molecule has 0 aliphatic carbocycles. The molecule has 0 aliphatic rings. The summed E-state index contributed by atoms with van der Waals surface area (Å²) in [5.41, 5.74) is 2.58. The Morgan fingerprint density at radius 1 is 0.929 bits per heavy atom. The molecule has 0 aliphatic heterocycles. The number of aryl methyl sites for hydroxylation is 1. The van der Waals surface area contributed by atoms with Gasteiger partial charge >= 0.3 is 0 Å². The van der Waals surface area contributed by atoms with E-state index in [0.29, 0.717) is 0 Å². The SMILES string of the molecule is CC.CC.Cc1cccc(N(C)C)c1. The average Bonchev–Trinajstić information content (AvgIpc) is 2.24. The van der Waals surface area contributed by atoms with E-state index < -0.39 is 0 Å². The van der Waals surface area contributed by atoms with Crippen LogP contribution < -0.4 is 4.90 Å². The first-order chi connectivity index (χ1) is 6.70. The maximum absolute atomic E-state index is 2.17. The highest BCUT2D eigenvalue weighted by Gasteiger charge is 1.91. The van der Waals surface area contributed by atoms with Gasteiger partial charge in [-0.1, -0.05) is 39.8 Å². The van der Waals surface area contributed by atoms with Crippen LogP contribution in [0.2, 0.25) is 0 Å². The Balaban J connectivity index is 0. The highest BCUT2D eigenvalue weighted by atomic mass is 15.1. The Kier molecular flexibility index (Phi) is 11.2. The van der Waals surface area contributed by atoms with Crippen LogP contribution in [0.1, 0.15) is 33.3 Å². The molecule has 0 unspecified atom stereocenters. The van der Waals surface area contributed by atoms with E-state index in [0.717, 1.165) is 0 Å². The lowest BCUT2D eigenvalue weighted by Crippen LogP contribution is -2.08. The van der Waals surface area contributed by atoms with Gasteiger partial charge in [-0.25, -0.2) is 0 Å². The molecule has 1 heteroatoms. The van der Waals surface area contributed by atoms with E-state index >= 15 is 0 Å². The van der Waals surface area contributed by atoms with Gasteiger partial charge in [0.2, 0.25) is 0 Å². The fourth-order valence-corrected chi connectivity index (χ4v) is 0.906. The lowest BCUT2D eigenvalue weighted by Gasteiger charge is -2.11. The minimum Gasteiger partial charge on any atom is -0.378 e. The van der Waals surface area contributed by atoms with Gasteiger partial charge in [0.05, 0.1) is 0 Å². The molecule has 0 saturated carbocycles. The Morgan fingerprint density at radius 3 is 1.71 bits per heavy atom. The summed E-state index contributed by atoms with van der Waals surface area (Å²) in [5, 5.41) is 0. The van der Waals surface area contributed by atoms with Gasteiger partial charge in [0.1, 0.15) is 0 Å². The van der Waals surface area contributed by atoms with Gasteiger partial charge in [-0.2, -0.15) is 0 Å². The van der Waals surface area contributed by atoms with Crippen LogP contribution in [0.5, 0.6) is 0 Å². The molecule has 0 bridgehead atoms. The van der Waals surface area contributed by atoms with Gasteiger partial charge in [0, 0.05) is 19.8 Å². The fourth-order valence-electron chi connectivity index (χ4n) is 0.906. The van der Waals surface area contributed by atoms with Crippen molar-refractivity contribution >= 4 is 5.69 Å². The van der Waals surface area contributed by atoms with E-state index in [9.17, 15) is 0 Å². The molecular weight excluding hydrogens is 170 g/mol. The molecule has 0 saturated heterocycles. The molecule has 0 heterocycles. The van der Waals surface area contributed by atoms with E-state index in [2.05, 4.69) is 50.2 Å². The highest BCUT2D eigenvalue weighted by molar-refractivity contribution is 5.46. The van der Waals surface area contributed by atoms with Crippen LogP contribution in [-0.4, -0.2) is 14.1 Å². The van der Waals surface area contributed by atoms with Crippen LogP contribution in [0.3, 0.4) is 0 Å². The van der Waals surface area contributed by atoms with Crippen molar-refractivity contribution in [3.63, 3.8) is 0 Å². The third-order valence-electron chi connectivity index (χ3n) is 1.52. The normalized spacial score (nSPS) is 7.64. The molecule has 0 spiro atoms. The Labute approximate surface area is 89.8 Å². The number of benzene rings is 1. The summed E-state index contributed by atoms with van der Waals surface area (Å²) < 4.78 is 0. The molecule has 0 fully saturated rings. The van der Waals surface area contributed by atoms with Crippen molar-refractivity contribution in [3.8, 4) is 0 Å². The summed E-state index contributed by atoms with van der Waals surface area (Å²) in [7, 11) is 4.10. The monoisotopic (exact) mass is 195 g/mol. The molecule has 0 aromatic heterocycles. The minimum absolute atomic E-state index is 1.26. The summed E-state index contributed by atoms with van der Waals surface area (Å²) in [4.78, 5) is 2.10. The number of hydrogen-bond acceptors (Lipinski definition) is 1. The fraction of sp³-hybridized carbons (Fsp3) is 0.538. The Bertz CT molecular complexity index is 216. The first-order valence-electron chi connectivity index (χ1n) is 5.44. The molecule has 1 nitrogen and oxygen atoms in total. The average molecular weight is 195 g/mol. The van der Waals surface area contributed by atoms with E-state index in [1.165, 1.54) is 11.3 Å². The molecular formula is C13H25N. The lowest BCUT2D eigenvalue weighted by atomic mass is 10.2. The molecule has 1 rings (SSSR count). The molecule has 0 radical (unpaired) electrons. The number of hydrogen-bond donors (Lipinski definition) is 0. The zero-order valence-electron chi connectivity index (χ0n) is 10.8.